The quantitative estimate of drug-likeness (QED) is 0.667. The predicted molar refractivity (Wildman–Crippen MR) is 54.6 cm³/mol. The molecule has 1 aliphatic heterocycles. The van der Waals surface area contributed by atoms with E-state index in [1.807, 2.05) is 35.4 Å². The Balaban J connectivity index is 2.21. The van der Waals surface area contributed by atoms with Gasteiger partial charge in [0.2, 0.25) is 0 Å². The van der Waals surface area contributed by atoms with Gasteiger partial charge in [-0.15, -0.1) is 0 Å². The van der Waals surface area contributed by atoms with Crippen molar-refractivity contribution in [3.63, 3.8) is 0 Å². The summed E-state index contributed by atoms with van der Waals surface area (Å²) in [7, 11) is 0. The van der Waals surface area contributed by atoms with Crippen LogP contribution in [0.2, 0.25) is 0 Å². The molecule has 2 heterocycles. The largest absolute Gasteiger partial charge is 0.329 e. The topological polar surface area (TPSA) is 39.9 Å². The third kappa shape index (κ3) is 1.64. The predicted octanol–water partition coefficient (Wildman–Crippen LogP) is 1.84. The lowest BCUT2D eigenvalue weighted by Crippen LogP contribution is -2.18. The van der Waals surface area contributed by atoms with Crippen LogP contribution >= 0.6 is 0 Å². The molecule has 3 heteroatoms. The van der Waals surface area contributed by atoms with Crippen LogP contribution in [0.1, 0.15) is 5.56 Å². The van der Waals surface area contributed by atoms with E-state index in [2.05, 4.69) is 11.1 Å². The third-order valence-electron chi connectivity index (χ3n) is 1.99. The van der Waals surface area contributed by atoms with Crippen LogP contribution in [0, 0.1) is 11.3 Å². The molecule has 0 bridgehead atoms. The maximum atomic E-state index is 8.61. The monoisotopic (exact) mass is 183 g/mol. The maximum Gasteiger partial charge on any atom is 0.132 e. The number of allylic oxidation sites excluding steroid dienone is 2. The van der Waals surface area contributed by atoms with E-state index in [0.717, 1.165) is 12.4 Å². The highest BCUT2D eigenvalue weighted by Gasteiger charge is 2.03. The molecule has 1 aliphatic rings. The summed E-state index contributed by atoms with van der Waals surface area (Å²) in [5.74, 6) is 0.865. The summed E-state index contributed by atoms with van der Waals surface area (Å²) in [6.45, 7) is 0.829. The SMILES string of the molecule is N#Cc1ccc(N2C=CC=CC2)nc1. The standard InChI is InChI=1S/C11H9N3/c12-8-10-4-5-11(13-9-10)14-6-2-1-3-7-14/h1-6,9H,7H2. The number of hydrogen-bond acceptors (Lipinski definition) is 3. The van der Waals surface area contributed by atoms with Crippen LogP contribution in [0.25, 0.3) is 0 Å². The molecule has 0 saturated carbocycles. The van der Waals surface area contributed by atoms with Crippen molar-refractivity contribution >= 4 is 5.82 Å². The van der Waals surface area contributed by atoms with E-state index in [0.29, 0.717) is 5.56 Å². The van der Waals surface area contributed by atoms with Gasteiger partial charge in [-0.05, 0) is 18.2 Å². The highest BCUT2D eigenvalue weighted by Crippen LogP contribution is 2.13. The summed E-state index contributed by atoms with van der Waals surface area (Å²) >= 11 is 0. The Kier molecular flexibility index (Phi) is 2.28. The molecule has 3 nitrogen and oxygen atoms in total. The Morgan fingerprint density at radius 2 is 2.29 bits per heavy atom. The number of aromatic nitrogens is 1. The second-order valence-electron chi connectivity index (χ2n) is 2.94. The van der Waals surface area contributed by atoms with Crippen molar-refractivity contribution in [3.05, 3.63) is 48.3 Å². The van der Waals surface area contributed by atoms with Crippen LogP contribution in [0.5, 0.6) is 0 Å². The Hall–Kier alpha value is -2.08. The summed E-state index contributed by atoms with van der Waals surface area (Å²) in [5.41, 5.74) is 0.588. The van der Waals surface area contributed by atoms with Crippen molar-refractivity contribution in [2.24, 2.45) is 0 Å². The van der Waals surface area contributed by atoms with Gasteiger partial charge in [0, 0.05) is 18.9 Å². The van der Waals surface area contributed by atoms with E-state index in [1.54, 1.807) is 12.3 Å². The van der Waals surface area contributed by atoms with Crippen LogP contribution < -0.4 is 4.90 Å². The van der Waals surface area contributed by atoms with Gasteiger partial charge >= 0.3 is 0 Å². The van der Waals surface area contributed by atoms with E-state index in [4.69, 9.17) is 5.26 Å². The van der Waals surface area contributed by atoms with Crippen LogP contribution in [0.4, 0.5) is 5.82 Å². The second kappa shape index (κ2) is 3.75. The third-order valence-corrected chi connectivity index (χ3v) is 1.99. The number of rotatable bonds is 1. The minimum Gasteiger partial charge on any atom is -0.329 e. The van der Waals surface area contributed by atoms with Crippen molar-refractivity contribution in [1.29, 1.82) is 5.26 Å². The van der Waals surface area contributed by atoms with Crippen molar-refractivity contribution in [2.75, 3.05) is 11.4 Å². The van der Waals surface area contributed by atoms with Gasteiger partial charge < -0.3 is 4.90 Å². The lowest BCUT2D eigenvalue weighted by Gasteiger charge is -2.18. The number of anilines is 1. The average molecular weight is 183 g/mol. The molecule has 1 aromatic heterocycles. The normalized spacial score (nSPS) is 14.1. The van der Waals surface area contributed by atoms with Gasteiger partial charge in [-0.2, -0.15) is 5.26 Å². The highest BCUT2D eigenvalue weighted by atomic mass is 15.2. The fourth-order valence-electron chi connectivity index (χ4n) is 1.26. The minimum atomic E-state index is 0.588. The van der Waals surface area contributed by atoms with Gasteiger partial charge in [-0.1, -0.05) is 12.2 Å². The molecule has 0 unspecified atom stereocenters. The summed E-state index contributed by atoms with van der Waals surface area (Å²) in [6, 6.07) is 5.67. The number of pyridine rings is 1. The summed E-state index contributed by atoms with van der Waals surface area (Å²) < 4.78 is 0. The molecular weight excluding hydrogens is 174 g/mol. The van der Waals surface area contributed by atoms with E-state index in [9.17, 15) is 0 Å². The Morgan fingerprint density at radius 3 is 2.86 bits per heavy atom. The number of hydrogen-bond donors (Lipinski definition) is 0. The van der Waals surface area contributed by atoms with Crippen molar-refractivity contribution in [3.8, 4) is 6.07 Å². The molecule has 0 fully saturated rings. The number of nitrogens with zero attached hydrogens (tertiary/aromatic N) is 3. The van der Waals surface area contributed by atoms with E-state index < -0.39 is 0 Å². The molecule has 0 atom stereocenters. The van der Waals surface area contributed by atoms with Crippen molar-refractivity contribution in [1.82, 2.24) is 4.98 Å². The minimum absolute atomic E-state index is 0.588. The highest BCUT2D eigenvalue weighted by molar-refractivity contribution is 5.46. The first kappa shape index (κ1) is 8.52. The Morgan fingerprint density at radius 1 is 1.36 bits per heavy atom. The first-order chi connectivity index (χ1) is 6.90. The first-order valence-corrected chi connectivity index (χ1v) is 4.36. The van der Waals surface area contributed by atoms with Gasteiger partial charge in [0.05, 0.1) is 5.56 Å². The molecule has 0 saturated heterocycles. The zero-order valence-corrected chi connectivity index (χ0v) is 7.59. The maximum absolute atomic E-state index is 8.61. The molecule has 0 aromatic carbocycles. The zero-order chi connectivity index (χ0) is 9.80. The summed E-state index contributed by atoms with van der Waals surface area (Å²) in [6.07, 6.45) is 9.57. The Bertz CT molecular complexity index is 409. The number of nitriles is 1. The molecule has 1 aromatic rings. The average Bonchev–Trinajstić information content (AvgIpc) is 2.30. The van der Waals surface area contributed by atoms with Crippen molar-refractivity contribution in [2.45, 2.75) is 0 Å². The fraction of sp³-hybridized carbons (Fsp3) is 0.0909. The van der Waals surface area contributed by atoms with Gasteiger partial charge in [-0.3, -0.25) is 0 Å². The van der Waals surface area contributed by atoms with Gasteiger partial charge in [0.25, 0.3) is 0 Å². The smallest absolute Gasteiger partial charge is 0.132 e. The summed E-state index contributed by atoms with van der Waals surface area (Å²) in [5, 5.41) is 8.61. The van der Waals surface area contributed by atoms with E-state index in [1.165, 1.54) is 0 Å². The van der Waals surface area contributed by atoms with Gasteiger partial charge in [0.15, 0.2) is 0 Å². The molecule has 0 N–H and O–H groups in total. The summed E-state index contributed by atoms with van der Waals surface area (Å²) in [4.78, 5) is 6.21. The second-order valence-corrected chi connectivity index (χ2v) is 2.94. The van der Waals surface area contributed by atoms with Crippen LogP contribution in [-0.2, 0) is 0 Å². The molecule has 0 spiro atoms. The van der Waals surface area contributed by atoms with E-state index in [-0.39, 0.29) is 0 Å². The molecule has 0 amide bonds. The van der Waals surface area contributed by atoms with E-state index >= 15 is 0 Å². The molecule has 14 heavy (non-hydrogen) atoms. The molecule has 2 rings (SSSR count). The van der Waals surface area contributed by atoms with Gasteiger partial charge in [-0.25, -0.2) is 4.98 Å². The van der Waals surface area contributed by atoms with Crippen LogP contribution in [0.3, 0.4) is 0 Å². The van der Waals surface area contributed by atoms with Crippen LogP contribution in [-0.4, -0.2) is 11.5 Å². The molecule has 68 valence electrons. The Labute approximate surface area is 82.6 Å². The van der Waals surface area contributed by atoms with Crippen molar-refractivity contribution < 1.29 is 0 Å². The molecular formula is C11H9N3. The molecule has 0 aliphatic carbocycles. The lowest BCUT2D eigenvalue weighted by molar-refractivity contribution is 1.03. The fourth-order valence-corrected chi connectivity index (χ4v) is 1.26. The van der Waals surface area contributed by atoms with Gasteiger partial charge in [0.1, 0.15) is 11.9 Å². The lowest BCUT2D eigenvalue weighted by atomic mass is 10.3. The van der Waals surface area contributed by atoms with Crippen LogP contribution in [0.15, 0.2) is 42.8 Å². The first-order valence-electron chi connectivity index (χ1n) is 4.36. The molecule has 0 radical (unpaired) electrons. The zero-order valence-electron chi connectivity index (χ0n) is 7.59.